The summed E-state index contributed by atoms with van der Waals surface area (Å²) in [5.41, 5.74) is 3.01. The number of fused-ring (bicyclic) bond motifs is 1. The molecule has 33 heavy (non-hydrogen) atoms. The first-order chi connectivity index (χ1) is 16.0. The number of carbonyl (C=O) groups is 1. The third-order valence-corrected chi connectivity index (χ3v) is 7.92. The van der Waals surface area contributed by atoms with Crippen LogP contribution in [0.4, 0.5) is 5.00 Å². The number of hydrogen-bond acceptors (Lipinski definition) is 8. The quantitative estimate of drug-likeness (QED) is 0.593. The molecule has 4 heterocycles. The van der Waals surface area contributed by atoms with E-state index in [-0.39, 0.29) is 11.9 Å². The van der Waals surface area contributed by atoms with E-state index in [1.807, 2.05) is 31.3 Å². The van der Waals surface area contributed by atoms with Crippen molar-refractivity contribution >= 4 is 22.2 Å². The largest absolute Gasteiger partial charge is 0.496 e. The van der Waals surface area contributed by atoms with E-state index in [0.717, 1.165) is 39.7 Å². The lowest BCUT2D eigenvalue weighted by molar-refractivity contribution is -0.131. The zero-order chi connectivity index (χ0) is 23.1. The van der Waals surface area contributed by atoms with Gasteiger partial charge in [0.25, 0.3) is 0 Å². The molecule has 0 spiro atoms. The number of amides is 1. The van der Waals surface area contributed by atoms with Crippen LogP contribution in [0.25, 0.3) is 5.00 Å². The molecule has 5 rings (SSSR count). The Morgan fingerprint density at radius 3 is 2.70 bits per heavy atom. The van der Waals surface area contributed by atoms with E-state index in [4.69, 9.17) is 4.74 Å². The standard InChI is InChI=1S/C23H28N6O3S/c1-15-17-12-27(18-8-11-26(2)21(18)31)14-28(23(17)33-22(15)29-24-9-10-25-29)13-19(30)16-6-4-5-7-20(16)32-3/h4-7,9-10,18-19,30H,8,11-14H2,1-3H3/t18-,19-/m0/s1. The van der Waals surface area contributed by atoms with Gasteiger partial charge in [0.2, 0.25) is 5.91 Å². The first kappa shape index (κ1) is 21.9. The van der Waals surface area contributed by atoms with Crippen molar-refractivity contribution in [2.75, 3.05) is 38.8 Å². The summed E-state index contributed by atoms with van der Waals surface area (Å²) in [7, 11) is 3.47. The number of rotatable bonds is 6. The predicted molar refractivity (Wildman–Crippen MR) is 126 cm³/mol. The molecule has 0 radical (unpaired) electrons. The van der Waals surface area contributed by atoms with Gasteiger partial charge in [0.15, 0.2) is 0 Å². The molecule has 0 aliphatic carbocycles. The second-order valence-corrected chi connectivity index (χ2v) is 9.54. The number of nitrogens with zero attached hydrogens (tertiary/aromatic N) is 6. The van der Waals surface area contributed by atoms with Gasteiger partial charge in [-0.05, 0) is 25.0 Å². The van der Waals surface area contributed by atoms with Gasteiger partial charge in [-0.2, -0.15) is 10.2 Å². The molecule has 1 amide bonds. The summed E-state index contributed by atoms with van der Waals surface area (Å²) in [5.74, 6) is 0.820. The zero-order valence-electron chi connectivity index (χ0n) is 19.0. The number of likely N-dealkylation sites (tertiary alicyclic amines) is 1. The minimum Gasteiger partial charge on any atom is -0.496 e. The maximum Gasteiger partial charge on any atom is 0.239 e. The normalized spacial score (nSPS) is 19.8. The van der Waals surface area contributed by atoms with E-state index >= 15 is 0 Å². The summed E-state index contributed by atoms with van der Waals surface area (Å²) in [6.07, 6.45) is 3.40. The number of carbonyl (C=O) groups excluding carboxylic acids is 1. The first-order valence-electron chi connectivity index (χ1n) is 11.0. The topological polar surface area (TPSA) is 87.0 Å². The number of para-hydroxylation sites is 1. The molecule has 0 bridgehead atoms. The molecule has 1 saturated heterocycles. The fraction of sp³-hybridized carbons (Fsp3) is 0.435. The van der Waals surface area contributed by atoms with Crippen LogP contribution in [0.5, 0.6) is 5.75 Å². The van der Waals surface area contributed by atoms with Gasteiger partial charge in [0, 0.05) is 31.3 Å². The van der Waals surface area contributed by atoms with E-state index < -0.39 is 6.10 Å². The number of hydrogen-bond donors (Lipinski definition) is 1. The maximum atomic E-state index is 12.8. The monoisotopic (exact) mass is 468 g/mol. The summed E-state index contributed by atoms with van der Waals surface area (Å²) in [5, 5.41) is 21.9. The minimum absolute atomic E-state index is 0.153. The minimum atomic E-state index is -0.746. The van der Waals surface area contributed by atoms with E-state index in [0.29, 0.717) is 25.5 Å². The highest BCUT2D eigenvalue weighted by Crippen LogP contribution is 2.43. The number of benzene rings is 1. The number of ether oxygens (including phenoxy) is 1. The Labute approximate surface area is 196 Å². The fourth-order valence-corrected chi connectivity index (χ4v) is 5.99. The lowest BCUT2D eigenvalue weighted by atomic mass is 10.1. The Balaban J connectivity index is 1.50. The molecule has 9 nitrogen and oxygen atoms in total. The fourth-order valence-electron chi connectivity index (χ4n) is 4.75. The predicted octanol–water partition coefficient (Wildman–Crippen LogP) is 2.19. The van der Waals surface area contributed by atoms with Crippen LogP contribution in [0.3, 0.4) is 0 Å². The van der Waals surface area contributed by atoms with Crippen molar-refractivity contribution < 1.29 is 14.6 Å². The van der Waals surface area contributed by atoms with Crippen LogP contribution >= 0.6 is 11.3 Å². The molecule has 1 aromatic carbocycles. The van der Waals surface area contributed by atoms with Crippen LogP contribution in [0.1, 0.15) is 29.2 Å². The van der Waals surface area contributed by atoms with Crippen LogP contribution in [-0.2, 0) is 11.3 Å². The number of likely N-dealkylation sites (N-methyl/N-ethyl adjacent to an activating group) is 1. The third-order valence-electron chi connectivity index (χ3n) is 6.56. The van der Waals surface area contributed by atoms with Crippen molar-refractivity contribution in [2.24, 2.45) is 0 Å². The molecule has 0 saturated carbocycles. The summed E-state index contributed by atoms with van der Waals surface area (Å²) >= 11 is 1.62. The highest BCUT2D eigenvalue weighted by Gasteiger charge is 2.39. The van der Waals surface area contributed by atoms with Gasteiger partial charge in [0.05, 0.1) is 43.8 Å². The average Bonchev–Trinajstić information content (AvgIpc) is 3.55. The van der Waals surface area contributed by atoms with E-state index in [1.165, 1.54) is 0 Å². The smallest absolute Gasteiger partial charge is 0.239 e. The lowest BCUT2D eigenvalue weighted by Crippen LogP contribution is -2.50. The number of anilines is 1. The summed E-state index contributed by atoms with van der Waals surface area (Å²) in [6, 6.07) is 7.39. The van der Waals surface area contributed by atoms with Crippen molar-refractivity contribution in [3.63, 3.8) is 0 Å². The highest BCUT2D eigenvalue weighted by atomic mass is 32.1. The number of thiophene rings is 1. The zero-order valence-corrected chi connectivity index (χ0v) is 19.8. The molecule has 3 aromatic rings. The number of aromatic nitrogens is 3. The maximum absolute atomic E-state index is 12.8. The lowest BCUT2D eigenvalue weighted by Gasteiger charge is -2.40. The van der Waals surface area contributed by atoms with Gasteiger partial charge in [-0.3, -0.25) is 9.69 Å². The highest BCUT2D eigenvalue weighted by molar-refractivity contribution is 7.19. The van der Waals surface area contributed by atoms with Gasteiger partial charge in [-0.1, -0.05) is 29.5 Å². The van der Waals surface area contributed by atoms with Crippen LogP contribution in [0.15, 0.2) is 36.7 Å². The van der Waals surface area contributed by atoms with Crippen molar-refractivity contribution in [1.29, 1.82) is 0 Å². The summed E-state index contributed by atoms with van der Waals surface area (Å²) < 4.78 is 5.47. The van der Waals surface area contributed by atoms with Crippen molar-refractivity contribution in [3.05, 3.63) is 53.3 Å². The molecular weight excluding hydrogens is 440 g/mol. The second-order valence-electron chi connectivity index (χ2n) is 8.57. The van der Waals surface area contributed by atoms with Gasteiger partial charge in [-0.25, -0.2) is 0 Å². The Morgan fingerprint density at radius 1 is 1.24 bits per heavy atom. The van der Waals surface area contributed by atoms with Crippen molar-refractivity contribution in [3.8, 4) is 10.8 Å². The Kier molecular flexibility index (Phi) is 5.81. The SMILES string of the molecule is COc1ccccc1[C@@H](O)CN1CN([C@H]2CCN(C)C2=O)Cc2c1sc(-n1nccn1)c2C. The summed E-state index contributed by atoms with van der Waals surface area (Å²) in [4.78, 5) is 20.6. The van der Waals surface area contributed by atoms with Gasteiger partial charge < -0.3 is 19.6 Å². The van der Waals surface area contributed by atoms with Crippen molar-refractivity contribution in [2.45, 2.75) is 32.0 Å². The Hall–Kier alpha value is -2.95. The van der Waals surface area contributed by atoms with Crippen molar-refractivity contribution in [1.82, 2.24) is 24.8 Å². The second kappa shape index (κ2) is 8.77. The molecule has 0 unspecified atom stereocenters. The third kappa shape index (κ3) is 3.88. The van der Waals surface area contributed by atoms with Crippen LogP contribution in [0.2, 0.25) is 0 Å². The van der Waals surface area contributed by atoms with Crippen LogP contribution in [0, 0.1) is 6.92 Å². The van der Waals surface area contributed by atoms with Gasteiger partial charge in [-0.15, -0.1) is 4.80 Å². The molecule has 10 heteroatoms. The molecule has 2 aliphatic heterocycles. The number of methoxy groups -OCH3 is 1. The van der Waals surface area contributed by atoms with E-state index in [2.05, 4.69) is 26.9 Å². The first-order valence-corrected chi connectivity index (χ1v) is 11.8. The molecular formula is C23H28N6O3S. The molecule has 2 aromatic heterocycles. The average molecular weight is 469 g/mol. The Bertz CT molecular complexity index is 1150. The molecule has 1 fully saturated rings. The van der Waals surface area contributed by atoms with Gasteiger partial charge in [0.1, 0.15) is 16.9 Å². The number of aliphatic hydroxyl groups is 1. The summed E-state index contributed by atoms with van der Waals surface area (Å²) in [6.45, 7) is 4.48. The van der Waals surface area contributed by atoms with E-state index in [1.54, 1.807) is 40.5 Å². The molecule has 2 aliphatic rings. The van der Waals surface area contributed by atoms with Crippen LogP contribution < -0.4 is 9.64 Å². The van der Waals surface area contributed by atoms with Gasteiger partial charge >= 0.3 is 0 Å². The Morgan fingerprint density at radius 2 is 2.00 bits per heavy atom. The van der Waals surface area contributed by atoms with Crippen LogP contribution in [-0.4, -0.2) is 75.8 Å². The molecule has 174 valence electrons. The number of β-amino-alcohol motifs (C(OH)–C–C–N with tert-alkyl or cyclic N) is 1. The number of aliphatic hydroxyl groups excluding tert-OH is 1. The van der Waals surface area contributed by atoms with E-state index in [9.17, 15) is 9.90 Å². The molecule has 2 atom stereocenters. The molecule has 1 N–H and O–H groups in total.